The van der Waals surface area contributed by atoms with Gasteiger partial charge in [0.2, 0.25) is 0 Å². The normalized spacial score (nSPS) is 9.74. The molecule has 0 saturated carbocycles. The van der Waals surface area contributed by atoms with Gasteiger partial charge in [0, 0.05) is 13.1 Å². The van der Waals surface area contributed by atoms with Crippen molar-refractivity contribution in [3.63, 3.8) is 0 Å². The molecule has 0 saturated heterocycles. The molecule has 0 heterocycles. The molecule has 2 rings (SSSR count). The molecule has 122 valence electrons. The molecule has 0 unspecified atom stereocenters. The maximum atomic E-state index is 11.6. The van der Waals surface area contributed by atoms with Crippen LogP contribution in [-0.4, -0.2) is 35.3 Å². The lowest BCUT2D eigenvalue weighted by Crippen LogP contribution is -2.16. The Kier molecular flexibility index (Phi) is 8.28. The number of benzene rings is 2. The van der Waals surface area contributed by atoms with Gasteiger partial charge < -0.3 is 9.94 Å². The summed E-state index contributed by atoms with van der Waals surface area (Å²) >= 11 is 0. The molecule has 0 atom stereocenters. The third-order valence-corrected chi connectivity index (χ3v) is 2.93. The van der Waals surface area contributed by atoms with Gasteiger partial charge in [0.05, 0.1) is 11.1 Å². The van der Waals surface area contributed by atoms with E-state index in [9.17, 15) is 9.59 Å². The summed E-state index contributed by atoms with van der Waals surface area (Å²) in [6.45, 7) is 5.25. The Morgan fingerprint density at radius 3 is 1.43 bits per heavy atom. The first kappa shape index (κ1) is 18.5. The van der Waals surface area contributed by atoms with Crippen LogP contribution in [0.4, 0.5) is 0 Å². The smallest absolute Gasteiger partial charge is 0.346 e. The summed E-state index contributed by atoms with van der Waals surface area (Å²) in [5, 5.41) is 9.75. The van der Waals surface area contributed by atoms with Crippen LogP contribution in [0, 0.1) is 0 Å². The number of carbonyl (C=O) groups excluding carboxylic acids is 2. The third kappa shape index (κ3) is 6.86. The quantitative estimate of drug-likeness (QED) is 0.532. The fourth-order valence-corrected chi connectivity index (χ4v) is 1.57. The van der Waals surface area contributed by atoms with Gasteiger partial charge in [-0.25, -0.2) is 9.59 Å². The number of nitrogens with zero attached hydrogens (tertiary/aromatic N) is 1. The monoisotopic (exact) mass is 315 g/mol. The molecule has 1 N–H and O–H groups in total. The van der Waals surface area contributed by atoms with E-state index >= 15 is 0 Å². The summed E-state index contributed by atoms with van der Waals surface area (Å²) in [7, 11) is 0. The molecular formula is C18H21NO4. The summed E-state index contributed by atoms with van der Waals surface area (Å²) < 4.78 is 4.74. The van der Waals surface area contributed by atoms with Crippen molar-refractivity contribution in [1.82, 2.24) is 5.06 Å². The number of esters is 2. The van der Waals surface area contributed by atoms with Crippen molar-refractivity contribution in [2.24, 2.45) is 0 Å². The van der Waals surface area contributed by atoms with E-state index in [1.807, 2.05) is 13.8 Å². The predicted molar refractivity (Wildman–Crippen MR) is 87.3 cm³/mol. The Hall–Kier alpha value is -2.50. The molecular weight excluding hydrogens is 294 g/mol. The van der Waals surface area contributed by atoms with Crippen molar-refractivity contribution < 1.29 is 19.5 Å². The molecule has 0 radical (unpaired) electrons. The topological polar surface area (TPSA) is 66.8 Å². The van der Waals surface area contributed by atoms with E-state index in [-0.39, 0.29) is 0 Å². The van der Waals surface area contributed by atoms with E-state index in [4.69, 9.17) is 9.94 Å². The molecule has 0 fully saturated rings. The maximum Gasteiger partial charge on any atom is 0.346 e. The molecule has 2 aromatic carbocycles. The largest absolute Gasteiger partial charge is 0.386 e. The minimum atomic E-state index is -0.639. The Balaban J connectivity index is 0.000000379. The van der Waals surface area contributed by atoms with Crippen molar-refractivity contribution >= 4 is 11.9 Å². The van der Waals surface area contributed by atoms with Crippen LogP contribution in [0.15, 0.2) is 60.7 Å². The molecule has 0 aliphatic carbocycles. The summed E-state index contributed by atoms with van der Waals surface area (Å²) in [6, 6.07) is 16.8. The van der Waals surface area contributed by atoms with Gasteiger partial charge in [0.15, 0.2) is 0 Å². The molecule has 2 aromatic rings. The van der Waals surface area contributed by atoms with E-state index in [0.29, 0.717) is 11.1 Å². The molecule has 5 heteroatoms. The standard InChI is InChI=1S/C14H10O3.C4H11NO/c15-13(11-7-3-1-4-8-11)17-14(16)12-9-5-2-6-10-12;1-3-5(6)4-2/h1-10H;6H,3-4H2,1-2H3. The lowest BCUT2D eigenvalue weighted by atomic mass is 10.2. The first-order valence-electron chi connectivity index (χ1n) is 7.38. The van der Waals surface area contributed by atoms with Crippen LogP contribution in [0.5, 0.6) is 0 Å². The van der Waals surface area contributed by atoms with Crippen LogP contribution in [0.2, 0.25) is 0 Å². The van der Waals surface area contributed by atoms with Gasteiger partial charge in [-0.3, -0.25) is 0 Å². The van der Waals surface area contributed by atoms with Crippen LogP contribution in [-0.2, 0) is 4.74 Å². The first-order chi connectivity index (χ1) is 11.1. The fraction of sp³-hybridized carbons (Fsp3) is 0.222. The summed E-state index contributed by atoms with van der Waals surface area (Å²) in [4.78, 5) is 23.2. The average molecular weight is 315 g/mol. The number of carbonyl (C=O) groups is 2. The van der Waals surface area contributed by atoms with E-state index < -0.39 is 11.9 Å². The SMILES string of the molecule is CCN(O)CC.O=C(OC(=O)c1ccccc1)c1ccccc1. The highest BCUT2D eigenvalue weighted by molar-refractivity contribution is 6.02. The predicted octanol–water partition coefficient (Wildman–Crippen LogP) is 3.40. The Morgan fingerprint density at radius 1 is 0.826 bits per heavy atom. The number of hydroxylamine groups is 2. The number of hydrogen-bond acceptors (Lipinski definition) is 5. The zero-order valence-corrected chi connectivity index (χ0v) is 13.3. The van der Waals surface area contributed by atoms with Crippen molar-refractivity contribution in [1.29, 1.82) is 0 Å². The van der Waals surface area contributed by atoms with Crippen LogP contribution in [0.25, 0.3) is 0 Å². The highest BCUT2D eigenvalue weighted by atomic mass is 16.6. The zero-order chi connectivity index (χ0) is 17.1. The zero-order valence-electron chi connectivity index (χ0n) is 13.3. The maximum absolute atomic E-state index is 11.6. The fourth-order valence-electron chi connectivity index (χ4n) is 1.57. The molecule has 0 aliphatic rings. The van der Waals surface area contributed by atoms with Crippen LogP contribution < -0.4 is 0 Å². The first-order valence-corrected chi connectivity index (χ1v) is 7.38. The average Bonchev–Trinajstić information content (AvgIpc) is 2.63. The second kappa shape index (κ2) is 10.3. The van der Waals surface area contributed by atoms with Gasteiger partial charge in [-0.1, -0.05) is 50.2 Å². The lowest BCUT2D eigenvalue weighted by Gasteiger charge is -2.05. The second-order valence-electron chi connectivity index (χ2n) is 4.55. The van der Waals surface area contributed by atoms with Crippen molar-refractivity contribution in [2.45, 2.75) is 13.8 Å². The molecule has 5 nitrogen and oxygen atoms in total. The summed E-state index contributed by atoms with van der Waals surface area (Å²) in [6.07, 6.45) is 0. The van der Waals surface area contributed by atoms with Crippen LogP contribution in [0.3, 0.4) is 0 Å². The molecule has 23 heavy (non-hydrogen) atoms. The number of rotatable bonds is 4. The van der Waals surface area contributed by atoms with E-state index in [2.05, 4.69) is 0 Å². The Morgan fingerprint density at radius 2 is 1.17 bits per heavy atom. The molecule has 0 spiro atoms. The Labute approximate surface area is 136 Å². The molecule has 0 amide bonds. The van der Waals surface area contributed by atoms with Gasteiger partial charge in [-0.05, 0) is 24.3 Å². The van der Waals surface area contributed by atoms with E-state index in [0.717, 1.165) is 13.1 Å². The van der Waals surface area contributed by atoms with Gasteiger partial charge in [0.1, 0.15) is 0 Å². The highest BCUT2D eigenvalue weighted by Crippen LogP contribution is 2.06. The van der Waals surface area contributed by atoms with Crippen molar-refractivity contribution in [3.8, 4) is 0 Å². The van der Waals surface area contributed by atoms with Crippen molar-refractivity contribution in [3.05, 3.63) is 71.8 Å². The second-order valence-corrected chi connectivity index (χ2v) is 4.55. The highest BCUT2D eigenvalue weighted by Gasteiger charge is 2.13. The van der Waals surface area contributed by atoms with Gasteiger partial charge >= 0.3 is 11.9 Å². The summed E-state index contributed by atoms with van der Waals surface area (Å²) in [5.74, 6) is -1.28. The van der Waals surface area contributed by atoms with E-state index in [1.54, 1.807) is 60.7 Å². The van der Waals surface area contributed by atoms with E-state index in [1.165, 1.54) is 5.06 Å². The van der Waals surface area contributed by atoms with Crippen LogP contribution >= 0.6 is 0 Å². The van der Waals surface area contributed by atoms with Gasteiger partial charge in [-0.15, -0.1) is 0 Å². The van der Waals surface area contributed by atoms with Gasteiger partial charge in [-0.2, -0.15) is 5.06 Å². The lowest BCUT2D eigenvalue weighted by molar-refractivity contribution is -0.0813. The molecule has 0 aromatic heterocycles. The van der Waals surface area contributed by atoms with Crippen LogP contribution in [0.1, 0.15) is 34.6 Å². The molecule has 0 aliphatic heterocycles. The summed E-state index contributed by atoms with van der Waals surface area (Å²) in [5.41, 5.74) is 0.716. The Bertz CT molecular complexity index is 545. The van der Waals surface area contributed by atoms with Gasteiger partial charge in [0.25, 0.3) is 0 Å². The molecule has 0 bridgehead atoms. The number of ether oxygens (including phenoxy) is 1. The number of hydrogen-bond donors (Lipinski definition) is 1. The third-order valence-electron chi connectivity index (χ3n) is 2.93. The minimum absolute atomic E-state index is 0.358. The van der Waals surface area contributed by atoms with Crippen molar-refractivity contribution in [2.75, 3.05) is 13.1 Å². The minimum Gasteiger partial charge on any atom is -0.386 e.